The molecule has 114 valence electrons. The van der Waals surface area contributed by atoms with Crippen molar-refractivity contribution in [1.29, 1.82) is 0 Å². The molecule has 0 spiro atoms. The fraction of sp³-hybridized carbons (Fsp3) is 0.929. The lowest BCUT2D eigenvalue weighted by Crippen LogP contribution is -2.42. The Hall–Kier alpha value is 0.0700. The first kappa shape index (κ1) is 19.1. The lowest BCUT2D eigenvalue weighted by Gasteiger charge is -2.26. The van der Waals surface area contributed by atoms with Gasteiger partial charge >= 0.3 is 0 Å². The van der Waals surface area contributed by atoms with Gasteiger partial charge in [-0.25, -0.2) is 0 Å². The summed E-state index contributed by atoms with van der Waals surface area (Å²) < 4.78 is 0. The van der Waals surface area contributed by atoms with Crippen molar-refractivity contribution in [2.45, 2.75) is 51.0 Å². The van der Waals surface area contributed by atoms with Crippen molar-refractivity contribution in [3.8, 4) is 0 Å². The number of nitrogens with zero attached hydrogens (tertiary/aromatic N) is 1. The summed E-state index contributed by atoms with van der Waals surface area (Å²) in [4.78, 5) is 13.8. The highest BCUT2D eigenvalue weighted by molar-refractivity contribution is 7.98. The van der Waals surface area contributed by atoms with E-state index in [2.05, 4.69) is 0 Å². The van der Waals surface area contributed by atoms with Crippen molar-refractivity contribution in [3.05, 3.63) is 0 Å². The van der Waals surface area contributed by atoms with Gasteiger partial charge in [0.1, 0.15) is 0 Å². The molecular formula is C14H29ClN2OS. The van der Waals surface area contributed by atoms with Gasteiger partial charge in [0.15, 0.2) is 0 Å². The van der Waals surface area contributed by atoms with E-state index in [1.54, 1.807) is 11.8 Å². The van der Waals surface area contributed by atoms with Gasteiger partial charge in [0.05, 0.1) is 6.04 Å². The maximum absolute atomic E-state index is 12.0. The van der Waals surface area contributed by atoms with Gasteiger partial charge in [-0.1, -0.05) is 32.1 Å². The average molecular weight is 309 g/mol. The fourth-order valence-corrected chi connectivity index (χ4v) is 3.10. The van der Waals surface area contributed by atoms with Crippen LogP contribution in [0.1, 0.15) is 44.9 Å². The van der Waals surface area contributed by atoms with Gasteiger partial charge < -0.3 is 10.6 Å². The van der Waals surface area contributed by atoms with Gasteiger partial charge in [0, 0.05) is 13.6 Å². The number of amides is 1. The first-order chi connectivity index (χ1) is 8.65. The summed E-state index contributed by atoms with van der Waals surface area (Å²) in [5, 5.41) is 0. The molecule has 1 atom stereocenters. The van der Waals surface area contributed by atoms with E-state index in [1.165, 1.54) is 32.1 Å². The van der Waals surface area contributed by atoms with E-state index in [9.17, 15) is 4.79 Å². The number of hydrogen-bond acceptors (Lipinski definition) is 3. The predicted molar refractivity (Wildman–Crippen MR) is 87.1 cm³/mol. The zero-order chi connectivity index (χ0) is 13.4. The van der Waals surface area contributed by atoms with E-state index in [0.29, 0.717) is 0 Å². The zero-order valence-electron chi connectivity index (χ0n) is 12.3. The van der Waals surface area contributed by atoms with Crippen molar-refractivity contribution in [1.82, 2.24) is 4.90 Å². The molecule has 3 nitrogen and oxygen atoms in total. The lowest BCUT2D eigenvalue weighted by molar-refractivity contribution is -0.131. The van der Waals surface area contributed by atoms with Gasteiger partial charge in [-0.2, -0.15) is 11.8 Å². The molecule has 1 aliphatic carbocycles. The second kappa shape index (κ2) is 10.8. The summed E-state index contributed by atoms with van der Waals surface area (Å²) in [5.74, 6) is 1.90. The van der Waals surface area contributed by atoms with Crippen LogP contribution in [0.2, 0.25) is 0 Å². The van der Waals surface area contributed by atoms with Crippen LogP contribution in [0, 0.1) is 5.92 Å². The van der Waals surface area contributed by atoms with Crippen molar-refractivity contribution in [2.75, 3.05) is 25.6 Å². The van der Waals surface area contributed by atoms with Crippen molar-refractivity contribution in [2.24, 2.45) is 11.7 Å². The van der Waals surface area contributed by atoms with Crippen LogP contribution < -0.4 is 5.73 Å². The summed E-state index contributed by atoms with van der Waals surface area (Å²) >= 11 is 1.74. The summed E-state index contributed by atoms with van der Waals surface area (Å²) in [5.41, 5.74) is 5.91. The number of thioether (sulfide) groups is 1. The molecule has 5 heteroatoms. The monoisotopic (exact) mass is 308 g/mol. The minimum absolute atomic E-state index is 0. The molecular weight excluding hydrogens is 280 g/mol. The molecule has 1 amide bonds. The molecule has 0 aromatic rings. The Labute approximate surface area is 128 Å². The summed E-state index contributed by atoms with van der Waals surface area (Å²) in [6, 6.07) is -0.311. The van der Waals surface area contributed by atoms with Crippen LogP contribution in [0.3, 0.4) is 0 Å². The van der Waals surface area contributed by atoms with Gasteiger partial charge in [-0.05, 0) is 30.8 Å². The maximum Gasteiger partial charge on any atom is 0.239 e. The third-order valence-electron chi connectivity index (χ3n) is 3.92. The third-order valence-corrected chi connectivity index (χ3v) is 4.57. The standard InChI is InChI=1S/C14H28N2OS.ClH/c1-16(14(17)13(15)9-11-18-2)10-8-12-6-4-3-5-7-12;/h12-13H,3-11,15H2,1-2H3;1H/t13-;/m0./s1. The van der Waals surface area contributed by atoms with Gasteiger partial charge in [-0.3, -0.25) is 4.79 Å². The van der Waals surface area contributed by atoms with Gasteiger partial charge in [0.25, 0.3) is 0 Å². The number of nitrogens with two attached hydrogens (primary N) is 1. The molecule has 1 rings (SSSR count). The summed E-state index contributed by atoms with van der Waals surface area (Å²) in [6.45, 7) is 0.871. The fourth-order valence-electron chi connectivity index (χ4n) is 2.61. The second-order valence-corrected chi connectivity index (χ2v) is 6.43. The van der Waals surface area contributed by atoms with Crippen molar-refractivity contribution < 1.29 is 4.79 Å². The maximum atomic E-state index is 12.0. The number of hydrogen-bond donors (Lipinski definition) is 1. The first-order valence-electron chi connectivity index (χ1n) is 7.14. The molecule has 0 aromatic heterocycles. The topological polar surface area (TPSA) is 46.3 Å². The van der Waals surface area contributed by atoms with E-state index in [0.717, 1.165) is 31.1 Å². The Morgan fingerprint density at radius 3 is 2.58 bits per heavy atom. The Kier molecular flexibility index (Phi) is 10.8. The van der Waals surface area contributed by atoms with Crippen LogP contribution in [-0.2, 0) is 4.79 Å². The molecule has 0 unspecified atom stereocenters. The number of rotatable bonds is 7. The molecule has 2 N–H and O–H groups in total. The van der Waals surface area contributed by atoms with E-state index in [4.69, 9.17) is 5.73 Å². The highest BCUT2D eigenvalue weighted by Gasteiger charge is 2.19. The van der Waals surface area contributed by atoms with E-state index in [-0.39, 0.29) is 24.4 Å². The number of carbonyl (C=O) groups is 1. The molecule has 0 bridgehead atoms. The highest BCUT2D eigenvalue weighted by Crippen LogP contribution is 2.26. The summed E-state index contributed by atoms with van der Waals surface area (Å²) in [6.07, 6.45) is 10.8. The van der Waals surface area contributed by atoms with Crippen molar-refractivity contribution >= 4 is 30.1 Å². The van der Waals surface area contributed by atoms with E-state index >= 15 is 0 Å². The highest BCUT2D eigenvalue weighted by atomic mass is 35.5. The van der Waals surface area contributed by atoms with Crippen LogP contribution in [0.5, 0.6) is 0 Å². The van der Waals surface area contributed by atoms with Crippen molar-refractivity contribution in [3.63, 3.8) is 0 Å². The molecule has 0 aliphatic heterocycles. The van der Waals surface area contributed by atoms with Crippen LogP contribution in [0.25, 0.3) is 0 Å². The Morgan fingerprint density at radius 2 is 2.00 bits per heavy atom. The normalized spacial score (nSPS) is 17.6. The second-order valence-electron chi connectivity index (χ2n) is 5.44. The average Bonchev–Trinajstić information content (AvgIpc) is 2.42. The molecule has 0 heterocycles. The molecule has 1 aliphatic rings. The molecule has 0 saturated heterocycles. The Balaban J connectivity index is 0.00000324. The largest absolute Gasteiger partial charge is 0.344 e. The molecule has 0 aromatic carbocycles. The predicted octanol–water partition coefficient (Wildman–Crippen LogP) is 2.92. The minimum Gasteiger partial charge on any atom is -0.344 e. The van der Waals surface area contributed by atoms with E-state index in [1.807, 2.05) is 18.2 Å². The minimum atomic E-state index is -0.311. The number of likely N-dealkylation sites (N-methyl/N-ethyl adjacent to an activating group) is 1. The first-order valence-corrected chi connectivity index (χ1v) is 8.54. The molecule has 19 heavy (non-hydrogen) atoms. The number of carbonyl (C=O) groups excluding carboxylic acids is 1. The Morgan fingerprint density at radius 1 is 1.37 bits per heavy atom. The molecule has 0 radical (unpaired) electrons. The van der Waals surface area contributed by atoms with Crippen LogP contribution in [0.15, 0.2) is 0 Å². The molecule has 1 saturated carbocycles. The van der Waals surface area contributed by atoms with Gasteiger partial charge in [0.2, 0.25) is 5.91 Å². The van der Waals surface area contributed by atoms with Crippen LogP contribution >= 0.6 is 24.2 Å². The quantitative estimate of drug-likeness (QED) is 0.786. The zero-order valence-corrected chi connectivity index (χ0v) is 13.9. The lowest BCUT2D eigenvalue weighted by atomic mass is 9.87. The Bertz CT molecular complexity index is 248. The third kappa shape index (κ3) is 7.42. The van der Waals surface area contributed by atoms with Crippen LogP contribution in [0.4, 0.5) is 0 Å². The number of halogens is 1. The molecule has 1 fully saturated rings. The van der Waals surface area contributed by atoms with Crippen LogP contribution in [-0.4, -0.2) is 42.4 Å². The summed E-state index contributed by atoms with van der Waals surface area (Å²) in [7, 11) is 1.89. The smallest absolute Gasteiger partial charge is 0.239 e. The van der Waals surface area contributed by atoms with E-state index < -0.39 is 0 Å². The van der Waals surface area contributed by atoms with Gasteiger partial charge in [-0.15, -0.1) is 12.4 Å². The SMILES string of the molecule is CSCC[C@H](N)C(=O)N(C)CCC1CCCCC1.Cl.